The van der Waals surface area contributed by atoms with E-state index in [4.69, 9.17) is 9.47 Å². The summed E-state index contributed by atoms with van der Waals surface area (Å²) in [5.74, 6) is -0.444. The highest BCUT2D eigenvalue weighted by Crippen LogP contribution is 2.29. The monoisotopic (exact) mass is 394 g/mol. The van der Waals surface area contributed by atoms with Crippen LogP contribution in [0.15, 0.2) is 40.0 Å². The fraction of sp³-hybridized carbons (Fsp3) is 0.412. The van der Waals surface area contributed by atoms with Crippen molar-refractivity contribution in [2.75, 3.05) is 13.2 Å². The molecule has 0 aliphatic carbocycles. The molecule has 1 saturated heterocycles. The predicted octanol–water partition coefficient (Wildman–Crippen LogP) is 2.80. The van der Waals surface area contributed by atoms with Crippen molar-refractivity contribution in [1.82, 2.24) is 10.6 Å². The Morgan fingerprint density at radius 3 is 3.00 bits per heavy atom. The predicted molar refractivity (Wildman–Crippen MR) is 91.2 cm³/mol. The maximum absolute atomic E-state index is 12.6. The van der Waals surface area contributed by atoms with E-state index in [-0.39, 0.29) is 18.7 Å². The summed E-state index contributed by atoms with van der Waals surface area (Å²) in [6.45, 7) is 2.64. The molecule has 0 bridgehead atoms. The van der Waals surface area contributed by atoms with Gasteiger partial charge in [0.2, 0.25) is 0 Å². The van der Waals surface area contributed by atoms with Crippen LogP contribution in [-0.2, 0) is 14.3 Å². The van der Waals surface area contributed by atoms with Crippen molar-refractivity contribution in [3.05, 3.63) is 45.6 Å². The molecule has 3 rings (SSSR count). The second-order valence-corrected chi connectivity index (χ2v) is 6.77. The number of urea groups is 1. The van der Waals surface area contributed by atoms with Crippen LogP contribution in [0.3, 0.4) is 0 Å². The number of allylic oxidation sites excluding steroid dienone is 1. The van der Waals surface area contributed by atoms with Crippen molar-refractivity contribution in [3.63, 3.8) is 0 Å². The van der Waals surface area contributed by atoms with Gasteiger partial charge in [-0.25, -0.2) is 9.59 Å². The van der Waals surface area contributed by atoms with Crippen molar-refractivity contribution in [2.45, 2.75) is 31.9 Å². The van der Waals surface area contributed by atoms with Crippen molar-refractivity contribution >= 4 is 27.9 Å². The van der Waals surface area contributed by atoms with Crippen molar-refractivity contribution in [3.8, 4) is 0 Å². The Morgan fingerprint density at radius 2 is 2.29 bits per heavy atom. The molecule has 1 fully saturated rings. The van der Waals surface area contributed by atoms with E-state index in [0.717, 1.165) is 22.9 Å². The minimum absolute atomic E-state index is 0.0367. The lowest BCUT2D eigenvalue weighted by Crippen LogP contribution is -2.45. The zero-order valence-corrected chi connectivity index (χ0v) is 14.9. The highest BCUT2D eigenvalue weighted by molar-refractivity contribution is 9.10. The Hall–Kier alpha value is -1.86. The molecule has 1 aromatic carbocycles. The van der Waals surface area contributed by atoms with Crippen LogP contribution >= 0.6 is 15.9 Å². The van der Waals surface area contributed by atoms with Gasteiger partial charge in [-0.3, -0.25) is 0 Å². The molecule has 0 aromatic heterocycles. The Bertz CT molecular complexity index is 683. The highest BCUT2D eigenvalue weighted by Gasteiger charge is 2.32. The van der Waals surface area contributed by atoms with Gasteiger partial charge in [-0.2, -0.15) is 0 Å². The van der Waals surface area contributed by atoms with Gasteiger partial charge in [0.05, 0.1) is 17.7 Å². The number of halogens is 1. The van der Waals surface area contributed by atoms with Crippen LogP contribution in [0.4, 0.5) is 4.79 Å². The summed E-state index contributed by atoms with van der Waals surface area (Å²) in [6, 6.07) is 6.59. The van der Waals surface area contributed by atoms with Crippen molar-refractivity contribution in [1.29, 1.82) is 0 Å². The average molecular weight is 395 g/mol. The van der Waals surface area contributed by atoms with Crippen LogP contribution in [0.5, 0.6) is 0 Å². The molecule has 7 heteroatoms. The Balaban J connectivity index is 1.81. The van der Waals surface area contributed by atoms with Gasteiger partial charge >= 0.3 is 12.0 Å². The van der Waals surface area contributed by atoms with Crippen LogP contribution in [0.1, 0.15) is 31.4 Å². The summed E-state index contributed by atoms with van der Waals surface area (Å²) in [5.41, 5.74) is 1.72. The van der Waals surface area contributed by atoms with E-state index in [1.54, 1.807) is 6.92 Å². The van der Waals surface area contributed by atoms with E-state index < -0.39 is 12.0 Å². The van der Waals surface area contributed by atoms with Crippen LogP contribution in [0, 0.1) is 0 Å². The van der Waals surface area contributed by atoms with E-state index in [2.05, 4.69) is 26.6 Å². The zero-order valence-electron chi connectivity index (χ0n) is 13.3. The van der Waals surface area contributed by atoms with E-state index >= 15 is 0 Å². The first-order valence-corrected chi connectivity index (χ1v) is 8.66. The van der Waals surface area contributed by atoms with E-state index in [9.17, 15) is 9.59 Å². The first kappa shape index (κ1) is 17.0. The average Bonchev–Trinajstić information content (AvgIpc) is 3.05. The molecule has 2 heterocycles. The Morgan fingerprint density at radius 1 is 1.46 bits per heavy atom. The molecule has 0 saturated carbocycles. The first-order valence-electron chi connectivity index (χ1n) is 7.87. The first-order chi connectivity index (χ1) is 11.5. The molecule has 1 aromatic rings. The number of esters is 1. The molecule has 2 aliphatic rings. The number of carbonyl (C=O) groups is 2. The number of rotatable bonds is 4. The number of nitrogens with one attached hydrogen (secondary N) is 2. The summed E-state index contributed by atoms with van der Waals surface area (Å²) >= 11 is 3.41. The molecule has 2 amide bonds. The summed E-state index contributed by atoms with van der Waals surface area (Å²) in [7, 11) is 0. The van der Waals surface area contributed by atoms with Crippen LogP contribution in [0.2, 0.25) is 0 Å². The smallest absolute Gasteiger partial charge is 0.338 e. The van der Waals surface area contributed by atoms with E-state index in [1.165, 1.54) is 0 Å². The minimum atomic E-state index is -0.548. The highest BCUT2D eigenvalue weighted by atomic mass is 79.9. The Labute approximate surface area is 148 Å². The topological polar surface area (TPSA) is 76.7 Å². The van der Waals surface area contributed by atoms with Gasteiger partial charge in [0, 0.05) is 16.8 Å². The molecule has 2 N–H and O–H groups in total. The maximum atomic E-state index is 12.6. The van der Waals surface area contributed by atoms with Gasteiger partial charge < -0.3 is 20.1 Å². The number of benzene rings is 1. The largest absolute Gasteiger partial charge is 0.459 e. The molecule has 0 spiro atoms. The van der Waals surface area contributed by atoms with Crippen LogP contribution in [-0.4, -0.2) is 31.3 Å². The number of hydrogen-bond acceptors (Lipinski definition) is 4. The summed E-state index contributed by atoms with van der Waals surface area (Å²) in [4.78, 5) is 24.4. The lowest BCUT2D eigenvalue weighted by Gasteiger charge is -2.28. The normalized spacial score (nSPS) is 23.7. The van der Waals surface area contributed by atoms with Gasteiger partial charge in [-0.1, -0.05) is 28.1 Å². The van der Waals surface area contributed by atoms with E-state index in [0.29, 0.717) is 17.9 Å². The third-order valence-corrected chi connectivity index (χ3v) is 4.59. The molecule has 128 valence electrons. The lowest BCUT2D eigenvalue weighted by molar-refractivity contribution is -0.142. The number of hydrogen-bond donors (Lipinski definition) is 2. The fourth-order valence-corrected chi connectivity index (χ4v) is 3.34. The summed E-state index contributed by atoms with van der Waals surface area (Å²) < 4.78 is 11.8. The van der Waals surface area contributed by atoms with Gasteiger partial charge in [0.1, 0.15) is 6.61 Å². The molecule has 2 unspecified atom stereocenters. The van der Waals surface area contributed by atoms with Crippen LogP contribution in [0.25, 0.3) is 0 Å². The molecule has 0 radical (unpaired) electrons. The third kappa shape index (κ3) is 3.79. The summed E-state index contributed by atoms with van der Waals surface area (Å²) in [5, 5.41) is 5.43. The molecule has 2 aliphatic heterocycles. The second-order valence-electron chi connectivity index (χ2n) is 5.86. The van der Waals surface area contributed by atoms with Gasteiger partial charge in [-0.15, -0.1) is 0 Å². The quantitative estimate of drug-likeness (QED) is 0.769. The molecule has 6 nitrogen and oxygen atoms in total. The van der Waals surface area contributed by atoms with Crippen LogP contribution < -0.4 is 10.6 Å². The number of carbonyl (C=O) groups excluding carboxylic acids is 2. The van der Waals surface area contributed by atoms with Gasteiger partial charge in [0.15, 0.2) is 0 Å². The van der Waals surface area contributed by atoms with E-state index in [1.807, 2.05) is 24.3 Å². The lowest BCUT2D eigenvalue weighted by atomic mass is 9.96. The Kier molecular flexibility index (Phi) is 5.20. The minimum Gasteiger partial charge on any atom is -0.459 e. The number of ether oxygens (including phenoxy) is 2. The van der Waals surface area contributed by atoms with Crippen molar-refractivity contribution < 1.29 is 19.1 Å². The molecule has 24 heavy (non-hydrogen) atoms. The summed E-state index contributed by atoms with van der Waals surface area (Å²) in [6.07, 6.45) is 1.85. The molecular formula is C17H19BrN2O4. The zero-order chi connectivity index (χ0) is 17.1. The number of amides is 2. The van der Waals surface area contributed by atoms with Gasteiger partial charge in [0.25, 0.3) is 0 Å². The third-order valence-electron chi connectivity index (χ3n) is 4.10. The molecule has 2 atom stereocenters. The fourth-order valence-electron chi connectivity index (χ4n) is 2.92. The standard InChI is InChI=1S/C17H19BrN2O4/c1-10-14(16(21)24-9-13-6-3-7-23-13)15(20-17(22)19-10)11-4-2-5-12(18)8-11/h2,4-5,8,13,15H,3,6-7,9H2,1H3,(H2,19,20,22). The molecular weight excluding hydrogens is 376 g/mol. The second kappa shape index (κ2) is 7.36. The van der Waals surface area contributed by atoms with Crippen molar-refractivity contribution in [2.24, 2.45) is 0 Å². The maximum Gasteiger partial charge on any atom is 0.338 e. The van der Waals surface area contributed by atoms with Gasteiger partial charge in [-0.05, 0) is 37.5 Å². The SMILES string of the molecule is CC1=C(C(=O)OCC2CCCO2)C(c2cccc(Br)c2)NC(=O)N1.